The normalized spacial score (nSPS) is 22.1. The summed E-state index contributed by atoms with van der Waals surface area (Å²) in [6.45, 7) is 0.567. The van der Waals surface area contributed by atoms with Gasteiger partial charge in [0.15, 0.2) is 0 Å². The number of carbonyl (C=O) groups excluding carboxylic acids is 2. The smallest absolute Gasteiger partial charge is 0.228 e. The lowest BCUT2D eigenvalue weighted by molar-refractivity contribution is -0.125. The highest BCUT2D eigenvalue weighted by Crippen LogP contribution is 2.39. The number of carbonyl (C=O) groups is 2. The van der Waals surface area contributed by atoms with Crippen molar-refractivity contribution in [3.8, 4) is 0 Å². The summed E-state index contributed by atoms with van der Waals surface area (Å²) in [7, 11) is 0. The minimum atomic E-state index is -0.823. The maximum absolute atomic E-state index is 13.6. The van der Waals surface area contributed by atoms with Gasteiger partial charge in [-0.25, -0.2) is 8.78 Å². The first-order valence-electron chi connectivity index (χ1n) is 8.76. The Hall–Kier alpha value is -2.24. The summed E-state index contributed by atoms with van der Waals surface area (Å²) < 4.78 is 27.1. The van der Waals surface area contributed by atoms with Crippen molar-refractivity contribution in [2.75, 3.05) is 11.9 Å². The van der Waals surface area contributed by atoms with Gasteiger partial charge < -0.3 is 10.6 Å². The van der Waals surface area contributed by atoms with Crippen molar-refractivity contribution in [1.82, 2.24) is 5.32 Å². The van der Waals surface area contributed by atoms with Crippen LogP contribution >= 0.6 is 0 Å². The monoisotopic (exact) mass is 348 g/mol. The predicted molar refractivity (Wildman–Crippen MR) is 90.8 cm³/mol. The molecule has 2 aliphatic rings. The lowest BCUT2D eigenvalue weighted by Gasteiger charge is -2.13. The summed E-state index contributed by atoms with van der Waals surface area (Å²) in [6, 6.07) is 3.39. The molecule has 4 nitrogen and oxygen atoms in total. The van der Waals surface area contributed by atoms with Gasteiger partial charge in [0, 0.05) is 6.54 Å². The van der Waals surface area contributed by atoms with Crippen molar-refractivity contribution < 1.29 is 18.4 Å². The van der Waals surface area contributed by atoms with E-state index in [-0.39, 0.29) is 5.91 Å². The van der Waals surface area contributed by atoms with Crippen molar-refractivity contribution in [3.63, 3.8) is 0 Å². The van der Waals surface area contributed by atoms with E-state index in [1.807, 2.05) is 0 Å². The Morgan fingerprint density at radius 3 is 2.48 bits per heavy atom. The minimum absolute atomic E-state index is 0.162. The lowest BCUT2D eigenvalue weighted by Crippen LogP contribution is -2.28. The SMILES string of the molecule is O=C(NCCC1=CCCCC1)C1CC1C(=O)Nc1c(F)cccc1F. The Bertz CT molecular complexity index is 682. The van der Waals surface area contributed by atoms with Crippen LogP contribution in [0.4, 0.5) is 14.5 Å². The second-order valence-corrected chi connectivity index (χ2v) is 6.68. The van der Waals surface area contributed by atoms with Crippen LogP contribution in [0.15, 0.2) is 29.8 Å². The molecule has 1 fully saturated rings. The van der Waals surface area contributed by atoms with Crippen LogP contribution in [0.3, 0.4) is 0 Å². The maximum Gasteiger partial charge on any atom is 0.228 e. The van der Waals surface area contributed by atoms with E-state index in [2.05, 4.69) is 16.7 Å². The van der Waals surface area contributed by atoms with Crippen LogP contribution < -0.4 is 10.6 Å². The summed E-state index contributed by atoms with van der Waals surface area (Å²) >= 11 is 0. The third kappa shape index (κ3) is 4.44. The Labute approximate surface area is 145 Å². The second kappa shape index (κ2) is 7.76. The topological polar surface area (TPSA) is 58.2 Å². The van der Waals surface area contributed by atoms with Crippen LogP contribution in [-0.2, 0) is 9.59 Å². The largest absolute Gasteiger partial charge is 0.356 e. The van der Waals surface area contributed by atoms with E-state index in [1.54, 1.807) is 0 Å². The van der Waals surface area contributed by atoms with Gasteiger partial charge in [-0.2, -0.15) is 0 Å². The zero-order valence-electron chi connectivity index (χ0n) is 14.0. The number of amides is 2. The molecule has 1 saturated carbocycles. The molecule has 0 radical (unpaired) electrons. The molecule has 0 spiro atoms. The van der Waals surface area contributed by atoms with Crippen LogP contribution in [0.25, 0.3) is 0 Å². The Kier molecular flexibility index (Phi) is 5.46. The van der Waals surface area contributed by atoms with E-state index in [1.165, 1.54) is 24.5 Å². The third-order valence-electron chi connectivity index (χ3n) is 4.81. The Morgan fingerprint density at radius 1 is 1.08 bits per heavy atom. The Morgan fingerprint density at radius 2 is 1.80 bits per heavy atom. The molecule has 2 unspecified atom stereocenters. The summed E-state index contributed by atoms with van der Waals surface area (Å²) in [5.41, 5.74) is 0.925. The van der Waals surface area contributed by atoms with Crippen LogP contribution in [0.5, 0.6) is 0 Å². The molecule has 1 aromatic rings. The van der Waals surface area contributed by atoms with Gasteiger partial charge in [0.2, 0.25) is 11.8 Å². The molecule has 0 saturated heterocycles. The number of rotatable bonds is 6. The first kappa shape index (κ1) is 17.6. The molecule has 2 amide bonds. The molecule has 0 heterocycles. The molecule has 0 aromatic heterocycles. The van der Waals surface area contributed by atoms with E-state index >= 15 is 0 Å². The molecule has 1 aromatic carbocycles. The van der Waals surface area contributed by atoms with Crippen LogP contribution in [0, 0.1) is 23.5 Å². The summed E-state index contributed by atoms with van der Waals surface area (Å²) in [6.07, 6.45) is 8.14. The van der Waals surface area contributed by atoms with Crippen LogP contribution in [-0.4, -0.2) is 18.4 Å². The van der Waals surface area contributed by atoms with Gasteiger partial charge in [-0.1, -0.05) is 17.7 Å². The van der Waals surface area contributed by atoms with Crippen molar-refractivity contribution in [2.45, 2.75) is 38.5 Å². The number of anilines is 1. The summed E-state index contributed by atoms with van der Waals surface area (Å²) in [5, 5.41) is 5.11. The van der Waals surface area contributed by atoms with Crippen LogP contribution in [0.1, 0.15) is 38.5 Å². The van der Waals surface area contributed by atoms with Crippen LogP contribution in [0.2, 0.25) is 0 Å². The average Bonchev–Trinajstić information content (AvgIpc) is 3.40. The fourth-order valence-corrected chi connectivity index (χ4v) is 3.22. The van der Waals surface area contributed by atoms with Gasteiger partial charge in [0.25, 0.3) is 0 Å². The number of benzene rings is 1. The molecule has 25 heavy (non-hydrogen) atoms. The molecule has 2 aliphatic carbocycles. The minimum Gasteiger partial charge on any atom is -0.356 e. The second-order valence-electron chi connectivity index (χ2n) is 6.68. The summed E-state index contributed by atoms with van der Waals surface area (Å²) in [4.78, 5) is 24.2. The zero-order valence-corrected chi connectivity index (χ0v) is 14.0. The van der Waals surface area contributed by atoms with Crippen molar-refractivity contribution in [1.29, 1.82) is 0 Å². The molecule has 134 valence electrons. The van der Waals surface area contributed by atoms with Crippen molar-refractivity contribution in [2.24, 2.45) is 11.8 Å². The van der Waals surface area contributed by atoms with Gasteiger partial charge in [-0.05, 0) is 50.7 Å². The van der Waals surface area contributed by atoms with Gasteiger partial charge >= 0.3 is 0 Å². The molecular weight excluding hydrogens is 326 g/mol. The number of nitrogens with one attached hydrogen (secondary N) is 2. The number of hydrogen-bond donors (Lipinski definition) is 2. The van der Waals surface area contributed by atoms with Crippen molar-refractivity contribution >= 4 is 17.5 Å². The molecule has 2 N–H and O–H groups in total. The molecular formula is C19H22F2N2O2. The predicted octanol–water partition coefficient (Wildman–Crippen LogP) is 3.55. The molecule has 2 atom stereocenters. The standard InChI is InChI=1S/C19H22F2N2O2/c20-15-7-4-8-16(21)17(15)23-19(25)14-11-13(14)18(24)22-10-9-12-5-2-1-3-6-12/h4-5,7-8,13-14H,1-3,6,9-11H2,(H,22,24)(H,23,25). The van der Waals surface area contributed by atoms with E-state index in [0.29, 0.717) is 13.0 Å². The highest BCUT2D eigenvalue weighted by molar-refractivity contribution is 5.99. The number of hydrogen-bond acceptors (Lipinski definition) is 2. The molecule has 0 aliphatic heterocycles. The van der Waals surface area contributed by atoms with E-state index in [9.17, 15) is 18.4 Å². The van der Waals surface area contributed by atoms with E-state index in [4.69, 9.17) is 0 Å². The number of para-hydroxylation sites is 1. The van der Waals surface area contributed by atoms with E-state index in [0.717, 1.165) is 31.4 Å². The maximum atomic E-state index is 13.6. The van der Waals surface area contributed by atoms with E-state index < -0.39 is 35.1 Å². The first-order chi connectivity index (χ1) is 12.1. The van der Waals surface area contributed by atoms with Gasteiger partial charge in [-0.15, -0.1) is 0 Å². The first-order valence-corrected chi connectivity index (χ1v) is 8.76. The highest BCUT2D eigenvalue weighted by Gasteiger charge is 2.48. The highest BCUT2D eigenvalue weighted by atomic mass is 19.1. The number of halogens is 2. The summed E-state index contributed by atoms with van der Waals surface area (Å²) in [5.74, 6) is -3.25. The molecule has 3 rings (SSSR count). The third-order valence-corrected chi connectivity index (χ3v) is 4.81. The Balaban J connectivity index is 1.44. The molecule has 0 bridgehead atoms. The van der Waals surface area contributed by atoms with Gasteiger partial charge in [0.05, 0.1) is 11.8 Å². The quantitative estimate of drug-likeness (QED) is 0.773. The fourth-order valence-electron chi connectivity index (χ4n) is 3.22. The molecule has 6 heteroatoms. The fraction of sp³-hybridized carbons (Fsp3) is 0.474. The zero-order chi connectivity index (χ0) is 17.8. The average molecular weight is 348 g/mol. The van der Waals surface area contributed by atoms with Gasteiger partial charge in [0.1, 0.15) is 17.3 Å². The van der Waals surface area contributed by atoms with Crippen molar-refractivity contribution in [3.05, 3.63) is 41.5 Å². The van der Waals surface area contributed by atoms with Gasteiger partial charge in [-0.3, -0.25) is 9.59 Å². The number of allylic oxidation sites excluding steroid dienone is 1. The lowest BCUT2D eigenvalue weighted by atomic mass is 9.97.